The molecule has 0 saturated carbocycles. The molecule has 15 amide bonds. The average molecular weight is 1360 g/mol. The van der Waals surface area contributed by atoms with Crippen molar-refractivity contribution in [2.24, 2.45) is 11.1 Å². The molecule has 7 rings (SSSR count). The number of unbranched alkanes of at least 4 members (excludes halogenated alkanes) is 6. The first-order valence-electron chi connectivity index (χ1n) is 33.4. The molecule has 29 nitrogen and oxygen atoms in total. The van der Waals surface area contributed by atoms with Crippen molar-refractivity contribution in [1.29, 1.82) is 0 Å². The van der Waals surface area contributed by atoms with Crippen LogP contribution in [0.25, 0.3) is 0 Å². The molecule has 12 atom stereocenters. The number of nitrogens with zero attached hydrogens (tertiary/aromatic N) is 1. The Bertz CT molecular complexity index is 2630. The number of carbonyl (C=O) groups is 13. The number of imide groups is 1. The fourth-order valence-electron chi connectivity index (χ4n) is 12.4. The third-order valence-electron chi connectivity index (χ3n) is 18.0. The monoisotopic (exact) mass is 1360 g/mol. The smallest absolute Gasteiger partial charge is 0.335 e. The van der Waals surface area contributed by atoms with Gasteiger partial charge in [0.1, 0.15) is 18.1 Å². The van der Waals surface area contributed by atoms with Crippen LogP contribution in [0.4, 0.5) is 14.4 Å². The van der Waals surface area contributed by atoms with E-state index in [-0.39, 0.29) is 141 Å². The number of primary amides is 1. The SMILES string of the molecule is CC(C)(CCOCCC(=O)ON1C(=O)CCC1=O)C(=O)NC(CCCCNC(=O)CCCCC1SCC2NC(=O)NC21)C(=O)NC(CCCCNC(=O)CCCCC1SCC2NC(=O)NC21)C(=O)NC(CCCCNC(=O)CCCCC1SCC2NC(=O)NC21)C(N)=O. The lowest BCUT2D eigenvalue weighted by molar-refractivity contribution is -0.198. The van der Waals surface area contributed by atoms with Crippen LogP contribution in [0.2, 0.25) is 0 Å². The Morgan fingerprint density at radius 2 is 0.892 bits per heavy atom. The van der Waals surface area contributed by atoms with Crippen LogP contribution < -0.4 is 69.5 Å². The second-order valence-electron chi connectivity index (χ2n) is 25.7. The fourth-order valence-corrected chi connectivity index (χ4v) is 17.0. The number of thioether (sulfide) groups is 3. The summed E-state index contributed by atoms with van der Waals surface area (Å²) in [7, 11) is 0. The van der Waals surface area contributed by atoms with Crippen LogP contribution in [0.1, 0.15) is 174 Å². The lowest BCUT2D eigenvalue weighted by Gasteiger charge is -2.28. The topological polar surface area (TPSA) is 414 Å². The molecule has 0 spiro atoms. The number of urea groups is 3. The molecule has 7 heterocycles. The summed E-state index contributed by atoms with van der Waals surface area (Å²) in [5, 5.41) is 36.4. The highest BCUT2D eigenvalue weighted by molar-refractivity contribution is 8.00. The zero-order valence-corrected chi connectivity index (χ0v) is 56.1. The Labute approximate surface area is 556 Å². The summed E-state index contributed by atoms with van der Waals surface area (Å²) in [6, 6.07) is -3.30. The number of ether oxygens (including phenoxy) is 1. The van der Waals surface area contributed by atoms with Gasteiger partial charge in [0.2, 0.25) is 41.4 Å². The minimum atomic E-state index is -1.22. The van der Waals surface area contributed by atoms with Gasteiger partial charge in [-0.3, -0.25) is 43.2 Å². The minimum absolute atomic E-state index is 0.00419. The third-order valence-corrected chi connectivity index (χ3v) is 22.5. The van der Waals surface area contributed by atoms with E-state index in [1.165, 1.54) is 0 Å². The molecule has 93 heavy (non-hydrogen) atoms. The zero-order chi connectivity index (χ0) is 66.9. The highest BCUT2D eigenvalue weighted by Gasteiger charge is 2.45. The summed E-state index contributed by atoms with van der Waals surface area (Å²) in [6.07, 6.45) is 10.7. The number of nitrogens with two attached hydrogens (primary N) is 1. The Hall–Kier alpha value is -6.28. The first-order chi connectivity index (χ1) is 44.6. The van der Waals surface area contributed by atoms with E-state index in [2.05, 4.69) is 63.8 Å². The highest BCUT2D eigenvalue weighted by Crippen LogP contribution is 2.36. The number of amides is 15. The van der Waals surface area contributed by atoms with Gasteiger partial charge in [0.25, 0.3) is 11.8 Å². The number of fused-ring (bicyclic) bond motifs is 3. The van der Waals surface area contributed by atoms with E-state index in [9.17, 15) is 62.3 Å². The Balaban J connectivity index is 0.900. The van der Waals surface area contributed by atoms with Gasteiger partial charge in [0.05, 0.1) is 49.3 Å². The maximum absolute atomic E-state index is 14.6. The van der Waals surface area contributed by atoms with E-state index in [1.54, 1.807) is 13.8 Å². The predicted molar refractivity (Wildman–Crippen MR) is 348 cm³/mol. The fraction of sp³-hybridized carbons (Fsp3) is 0.787. The van der Waals surface area contributed by atoms with Gasteiger partial charge in [-0.15, -0.1) is 5.06 Å². The number of hydrogen-bond acceptors (Lipinski definition) is 18. The standard InChI is InChI=1S/C61H98N14O15S3/c1-61(2,27-32-89-31-26-50(81)90-75-48(79)24-25-49(75)80)57(85)68-38(17-11-14-30-65-47(78)23-8-5-20-44-53-41(35-93-44)71-60(88)74-53)56(84)67-37(16-10-13-29-64-46(77)22-7-4-19-43-52-40(34-92-43)70-59(87)73-52)55(83)66-36(54(62)82)15-9-12-28-63-45(76)21-6-3-18-42-51-39(33-91-42)69-58(86)72-51/h36-44,51-53H,3-35H2,1-2H3,(H2,62,82)(H,63,76)(H,64,77)(H,65,78)(H,66,83)(H,67,84)(H,68,85)(H2,69,72,86)(H2,70,73,87)(H2,71,74,88). The average Bonchev–Trinajstić information content (AvgIpc) is 1.73. The second kappa shape index (κ2) is 37.7. The summed E-state index contributed by atoms with van der Waals surface area (Å²) >= 11 is 5.47. The van der Waals surface area contributed by atoms with Crippen molar-refractivity contribution in [3.63, 3.8) is 0 Å². The van der Waals surface area contributed by atoms with Crippen LogP contribution in [-0.4, -0.2) is 203 Å². The van der Waals surface area contributed by atoms with E-state index >= 15 is 0 Å². The molecule has 0 radical (unpaired) electrons. The quantitative estimate of drug-likeness (QED) is 0.0233. The van der Waals surface area contributed by atoms with Gasteiger partial charge in [-0.2, -0.15) is 35.3 Å². The Morgan fingerprint density at radius 3 is 1.30 bits per heavy atom. The molecule has 12 unspecified atom stereocenters. The van der Waals surface area contributed by atoms with E-state index in [4.69, 9.17) is 15.3 Å². The van der Waals surface area contributed by atoms with E-state index in [1.807, 2.05) is 35.3 Å². The number of hydrogen-bond donors (Lipinski definition) is 13. The van der Waals surface area contributed by atoms with Gasteiger partial charge in [-0.05, 0) is 103 Å². The lowest BCUT2D eigenvalue weighted by Crippen LogP contribution is -2.57. The van der Waals surface area contributed by atoms with Gasteiger partial charge in [0, 0.05) is 96.8 Å². The molecule has 0 aromatic carbocycles. The first-order valence-corrected chi connectivity index (χ1v) is 36.5. The van der Waals surface area contributed by atoms with Crippen LogP contribution in [0.3, 0.4) is 0 Å². The van der Waals surface area contributed by atoms with Gasteiger partial charge in [-0.25, -0.2) is 19.2 Å². The maximum atomic E-state index is 14.6. The second-order valence-corrected chi connectivity index (χ2v) is 29.5. The molecule has 7 fully saturated rings. The largest absolute Gasteiger partial charge is 0.381 e. The molecule has 7 aliphatic heterocycles. The number of hydroxylamine groups is 2. The first kappa shape index (κ1) is 74.1. The van der Waals surface area contributed by atoms with Crippen molar-refractivity contribution in [1.82, 2.24) is 68.9 Å². The van der Waals surface area contributed by atoms with Crippen molar-refractivity contribution in [3.8, 4) is 0 Å². The normalized spacial score (nSPS) is 24.4. The highest BCUT2D eigenvalue weighted by atomic mass is 32.2. The van der Waals surface area contributed by atoms with Gasteiger partial charge >= 0.3 is 24.1 Å². The predicted octanol–water partition coefficient (Wildman–Crippen LogP) is 1.39. The van der Waals surface area contributed by atoms with Crippen molar-refractivity contribution >= 4 is 113 Å². The summed E-state index contributed by atoms with van der Waals surface area (Å²) in [5.74, 6) is -2.55. The van der Waals surface area contributed by atoms with Crippen molar-refractivity contribution in [2.75, 3.05) is 50.1 Å². The molecule has 0 aromatic rings. The maximum Gasteiger partial charge on any atom is 0.335 e. The van der Waals surface area contributed by atoms with E-state index < -0.39 is 65.0 Å². The number of nitrogens with one attached hydrogen (secondary N) is 12. The van der Waals surface area contributed by atoms with Crippen LogP contribution in [-0.2, 0) is 57.5 Å². The van der Waals surface area contributed by atoms with E-state index in [0.717, 1.165) is 55.8 Å². The Kier molecular flexibility index (Phi) is 30.1. The van der Waals surface area contributed by atoms with E-state index in [0.29, 0.717) is 107 Å². The zero-order valence-electron chi connectivity index (χ0n) is 53.6. The van der Waals surface area contributed by atoms with Crippen molar-refractivity contribution < 1.29 is 71.9 Å². The number of carbonyl (C=O) groups excluding carboxylic acids is 13. The van der Waals surface area contributed by atoms with Gasteiger partial charge < -0.3 is 79.1 Å². The molecule has 0 aromatic heterocycles. The summed E-state index contributed by atoms with van der Waals surface area (Å²) < 4.78 is 5.64. The van der Waals surface area contributed by atoms with Crippen molar-refractivity contribution in [3.05, 3.63) is 0 Å². The van der Waals surface area contributed by atoms with Gasteiger partial charge in [-0.1, -0.05) is 33.1 Å². The molecule has 32 heteroatoms. The summed E-state index contributed by atoms with van der Waals surface area (Å²) in [4.78, 5) is 171. The van der Waals surface area contributed by atoms with Crippen LogP contribution in [0, 0.1) is 5.41 Å². The molecule has 520 valence electrons. The van der Waals surface area contributed by atoms with Gasteiger partial charge in [0.15, 0.2) is 0 Å². The van der Waals surface area contributed by atoms with Crippen LogP contribution in [0.15, 0.2) is 0 Å². The molecule has 0 aliphatic carbocycles. The molecule has 7 saturated heterocycles. The molecule has 7 aliphatic rings. The number of rotatable bonds is 44. The summed E-state index contributed by atoms with van der Waals surface area (Å²) in [6.45, 7) is 4.10. The third kappa shape index (κ3) is 24.2. The molecular weight excluding hydrogens is 1260 g/mol. The molecule has 14 N–H and O–H groups in total. The van der Waals surface area contributed by atoms with Crippen LogP contribution >= 0.6 is 35.3 Å². The van der Waals surface area contributed by atoms with Crippen LogP contribution in [0.5, 0.6) is 0 Å². The summed E-state index contributed by atoms with van der Waals surface area (Å²) in [5.41, 5.74) is 4.71. The molecule has 0 bridgehead atoms. The lowest BCUT2D eigenvalue weighted by atomic mass is 9.88. The minimum Gasteiger partial charge on any atom is -0.381 e. The molecular formula is C61H98N14O15S3. The van der Waals surface area contributed by atoms with Crippen molar-refractivity contribution in [2.45, 2.75) is 244 Å². The Morgan fingerprint density at radius 1 is 0.505 bits per heavy atom.